The van der Waals surface area contributed by atoms with Crippen LogP contribution in [0.15, 0.2) is 41.7 Å². The number of rotatable bonds is 3. The molecule has 0 atom stereocenters. The molecule has 98 valence electrons. The minimum absolute atomic E-state index is 0.0658. The van der Waals surface area contributed by atoms with Gasteiger partial charge in [-0.3, -0.25) is 14.6 Å². The molecule has 0 fully saturated rings. The normalized spacial score (nSPS) is 10.0. The van der Waals surface area contributed by atoms with Crippen LogP contribution in [0.1, 0.15) is 10.4 Å². The quantitative estimate of drug-likeness (QED) is 0.863. The van der Waals surface area contributed by atoms with Crippen LogP contribution >= 0.6 is 0 Å². The molecule has 0 aliphatic rings. The zero-order valence-corrected chi connectivity index (χ0v) is 10.7. The first-order valence-corrected chi connectivity index (χ1v) is 5.69. The van der Waals surface area contributed by atoms with Gasteiger partial charge in [-0.2, -0.15) is 0 Å². The lowest BCUT2D eigenvalue weighted by Gasteiger charge is -2.17. The minimum atomic E-state index is -0.460. The largest absolute Gasteiger partial charge is 0.376 e. The lowest BCUT2D eigenvalue weighted by molar-refractivity contribution is 0.102. The van der Waals surface area contributed by atoms with Gasteiger partial charge >= 0.3 is 0 Å². The maximum absolute atomic E-state index is 12.0. The molecule has 0 aliphatic heterocycles. The summed E-state index contributed by atoms with van der Waals surface area (Å²) in [5, 5.41) is 2.69. The molecule has 0 aromatic carbocycles. The predicted molar refractivity (Wildman–Crippen MR) is 73.6 cm³/mol. The van der Waals surface area contributed by atoms with Gasteiger partial charge in [0.15, 0.2) is 5.43 Å². The molecule has 0 radical (unpaired) electrons. The Bertz CT molecular complexity index is 649. The number of nitrogens with one attached hydrogen (secondary N) is 2. The summed E-state index contributed by atoms with van der Waals surface area (Å²) in [6, 6.07) is 3.09. The van der Waals surface area contributed by atoms with Crippen LogP contribution in [0.25, 0.3) is 0 Å². The molecule has 0 saturated heterocycles. The summed E-state index contributed by atoms with van der Waals surface area (Å²) < 4.78 is 0. The second-order valence-corrected chi connectivity index (χ2v) is 4.16. The van der Waals surface area contributed by atoms with Crippen LogP contribution in [0.2, 0.25) is 0 Å². The fraction of sp³-hybridized carbons (Fsp3) is 0.154. The molecule has 0 spiro atoms. The summed E-state index contributed by atoms with van der Waals surface area (Å²) >= 11 is 0. The van der Waals surface area contributed by atoms with E-state index >= 15 is 0 Å². The first kappa shape index (κ1) is 12.8. The number of H-pyrrole nitrogens is 1. The van der Waals surface area contributed by atoms with Gasteiger partial charge in [-0.1, -0.05) is 0 Å². The molecule has 2 aromatic rings. The number of pyridine rings is 2. The summed E-state index contributed by atoms with van der Waals surface area (Å²) in [6.45, 7) is 0. The van der Waals surface area contributed by atoms with Crippen LogP contribution in [0.5, 0.6) is 0 Å². The van der Waals surface area contributed by atoms with E-state index in [1.807, 2.05) is 19.0 Å². The highest BCUT2D eigenvalue weighted by Crippen LogP contribution is 2.22. The van der Waals surface area contributed by atoms with Crippen molar-refractivity contribution in [2.75, 3.05) is 24.3 Å². The highest BCUT2D eigenvalue weighted by atomic mass is 16.2. The molecule has 6 heteroatoms. The Kier molecular flexibility index (Phi) is 3.61. The SMILES string of the molecule is CN(C)c1ccncc1NC(=O)c1c[nH]ccc1=O. The Morgan fingerprint density at radius 1 is 1.37 bits per heavy atom. The number of carbonyl (C=O) groups excluding carboxylic acids is 1. The molecule has 0 unspecified atom stereocenters. The number of aromatic amines is 1. The van der Waals surface area contributed by atoms with E-state index in [1.54, 1.807) is 18.5 Å². The van der Waals surface area contributed by atoms with Gasteiger partial charge in [0, 0.05) is 38.8 Å². The van der Waals surface area contributed by atoms with Crippen molar-refractivity contribution in [1.82, 2.24) is 9.97 Å². The molecule has 2 N–H and O–H groups in total. The third kappa shape index (κ3) is 2.79. The number of hydrogen-bond donors (Lipinski definition) is 2. The number of anilines is 2. The van der Waals surface area contributed by atoms with Gasteiger partial charge in [-0.25, -0.2) is 0 Å². The van der Waals surface area contributed by atoms with E-state index < -0.39 is 5.91 Å². The minimum Gasteiger partial charge on any atom is -0.376 e. The highest BCUT2D eigenvalue weighted by Gasteiger charge is 2.12. The van der Waals surface area contributed by atoms with E-state index in [1.165, 1.54) is 18.5 Å². The molecule has 2 rings (SSSR count). The van der Waals surface area contributed by atoms with Gasteiger partial charge in [0.2, 0.25) is 0 Å². The molecule has 19 heavy (non-hydrogen) atoms. The topological polar surface area (TPSA) is 78.1 Å². The lowest BCUT2D eigenvalue weighted by Crippen LogP contribution is -2.22. The molecule has 2 heterocycles. The van der Waals surface area contributed by atoms with Crippen molar-refractivity contribution in [1.29, 1.82) is 0 Å². The highest BCUT2D eigenvalue weighted by molar-refractivity contribution is 6.05. The number of nitrogens with zero attached hydrogens (tertiary/aromatic N) is 2. The third-order valence-electron chi connectivity index (χ3n) is 2.60. The Morgan fingerprint density at radius 3 is 2.84 bits per heavy atom. The second-order valence-electron chi connectivity index (χ2n) is 4.16. The second kappa shape index (κ2) is 5.34. The number of amides is 1. The summed E-state index contributed by atoms with van der Waals surface area (Å²) in [7, 11) is 3.72. The van der Waals surface area contributed by atoms with Crippen LogP contribution in [-0.2, 0) is 0 Å². The average Bonchev–Trinajstić information content (AvgIpc) is 2.39. The Morgan fingerprint density at radius 2 is 2.16 bits per heavy atom. The van der Waals surface area contributed by atoms with Crippen molar-refractivity contribution in [2.45, 2.75) is 0 Å². The van der Waals surface area contributed by atoms with E-state index in [0.717, 1.165) is 5.69 Å². The molecule has 0 aliphatic carbocycles. The fourth-order valence-corrected chi connectivity index (χ4v) is 1.66. The predicted octanol–water partition coefficient (Wildman–Crippen LogP) is 1.09. The van der Waals surface area contributed by atoms with Crippen molar-refractivity contribution in [3.63, 3.8) is 0 Å². The maximum atomic E-state index is 12.0. The average molecular weight is 258 g/mol. The van der Waals surface area contributed by atoms with Crippen molar-refractivity contribution in [2.24, 2.45) is 0 Å². The summed E-state index contributed by atoms with van der Waals surface area (Å²) in [5.41, 5.74) is 1.11. The van der Waals surface area contributed by atoms with Gasteiger partial charge in [-0.05, 0) is 6.07 Å². The van der Waals surface area contributed by atoms with Crippen LogP contribution < -0.4 is 15.6 Å². The van der Waals surface area contributed by atoms with Crippen molar-refractivity contribution < 1.29 is 4.79 Å². The maximum Gasteiger partial charge on any atom is 0.261 e. The van der Waals surface area contributed by atoms with Crippen LogP contribution in [0.3, 0.4) is 0 Å². The number of aromatic nitrogens is 2. The molecule has 6 nitrogen and oxygen atoms in total. The van der Waals surface area contributed by atoms with E-state index in [9.17, 15) is 9.59 Å². The number of hydrogen-bond acceptors (Lipinski definition) is 4. The van der Waals surface area contributed by atoms with E-state index in [2.05, 4.69) is 15.3 Å². The Balaban J connectivity index is 2.30. The van der Waals surface area contributed by atoms with Gasteiger partial charge < -0.3 is 15.2 Å². The first-order valence-electron chi connectivity index (χ1n) is 5.69. The van der Waals surface area contributed by atoms with Gasteiger partial charge in [0.05, 0.1) is 17.6 Å². The number of carbonyl (C=O) groups is 1. The zero-order valence-electron chi connectivity index (χ0n) is 10.7. The standard InChI is InChI=1S/C13H14N4O2/c1-17(2)11-3-5-15-8-10(11)16-13(19)9-7-14-6-4-12(9)18/h3-8H,1-2H3,(H,14,18)(H,16,19). The van der Waals surface area contributed by atoms with Crippen molar-refractivity contribution in [3.05, 3.63) is 52.7 Å². The molecule has 2 aromatic heterocycles. The van der Waals surface area contributed by atoms with E-state index in [0.29, 0.717) is 5.69 Å². The molecule has 0 saturated carbocycles. The van der Waals surface area contributed by atoms with Gasteiger partial charge in [-0.15, -0.1) is 0 Å². The lowest BCUT2D eigenvalue weighted by atomic mass is 10.2. The fourth-order valence-electron chi connectivity index (χ4n) is 1.66. The smallest absolute Gasteiger partial charge is 0.261 e. The first-order chi connectivity index (χ1) is 9.09. The van der Waals surface area contributed by atoms with E-state index in [-0.39, 0.29) is 11.0 Å². The van der Waals surface area contributed by atoms with Gasteiger partial charge in [0.1, 0.15) is 5.56 Å². The summed E-state index contributed by atoms with van der Waals surface area (Å²) in [4.78, 5) is 32.1. The Labute approximate surface area is 110 Å². The summed E-state index contributed by atoms with van der Waals surface area (Å²) in [6.07, 6.45) is 6.04. The van der Waals surface area contributed by atoms with Crippen molar-refractivity contribution in [3.8, 4) is 0 Å². The zero-order chi connectivity index (χ0) is 13.8. The van der Waals surface area contributed by atoms with Crippen molar-refractivity contribution >= 4 is 17.3 Å². The summed E-state index contributed by atoms with van der Waals surface area (Å²) in [5.74, 6) is -0.460. The monoisotopic (exact) mass is 258 g/mol. The Hall–Kier alpha value is -2.63. The molecule has 1 amide bonds. The molecular formula is C13H14N4O2. The molecular weight excluding hydrogens is 244 g/mol. The van der Waals surface area contributed by atoms with Crippen LogP contribution in [0, 0.1) is 0 Å². The van der Waals surface area contributed by atoms with E-state index in [4.69, 9.17) is 0 Å². The van der Waals surface area contributed by atoms with Crippen LogP contribution in [0.4, 0.5) is 11.4 Å². The molecule has 0 bridgehead atoms. The van der Waals surface area contributed by atoms with Gasteiger partial charge in [0.25, 0.3) is 5.91 Å². The van der Waals surface area contributed by atoms with Crippen LogP contribution in [-0.4, -0.2) is 30.0 Å². The third-order valence-corrected chi connectivity index (χ3v) is 2.60.